The molecule has 40 heavy (non-hydrogen) atoms. The summed E-state index contributed by atoms with van der Waals surface area (Å²) in [7, 11) is 4.66. The molecule has 1 atom stereocenters. The maximum Gasteiger partial charge on any atom is 0.274 e. The number of amides is 1. The van der Waals surface area contributed by atoms with Gasteiger partial charge in [-0.1, -0.05) is 36.4 Å². The summed E-state index contributed by atoms with van der Waals surface area (Å²) in [4.78, 5) is 23.7. The Bertz CT molecular complexity index is 1720. The lowest BCUT2D eigenvalue weighted by Gasteiger charge is -2.19. The van der Waals surface area contributed by atoms with Crippen molar-refractivity contribution in [3.05, 3.63) is 83.7 Å². The lowest BCUT2D eigenvalue weighted by Crippen LogP contribution is -2.30. The maximum atomic E-state index is 14.1. The fourth-order valence-electron chi connectivity index (χ4n) is 5.46. The number of methoxy groups -OCH3 is 3. The normalized spacial score (nSPS) is 14.4. The molecule has 1 aliphatic heterocycles. The van der Waals surface area contributed by atoms with Crippen molar-refractivity contribution in [3.8, 4) is 23.0 Å². The van der Waals surface area contributed by atoms with Gasteiger partial charge in [-0.2, -0.15) is 0 Å². The van der Waals surface area contributed by atoms with Gasteiger partial charge in [-0.15, -0.1) is 11.6 Å². The maximum absolute atomic E-state index is 14.1. The number of aromatic amines is 1. The standard InChI is InChI=1S/C31H28ClN3O5/c1-37-25-13-19-12-22(34-27(19)30(39-3)29(25)38-2)31(36)35-16-20(15-32)26-21-10-7-11-33-28(21)24(14-23(26)35)40-17-18-8-5-4-6-9-18/h4-14,20,34H,15-17H2,1-3H3/t20-/m1/s1. The number of anilines is 1. The molecule has 0 spiro atoms. The topological polar surface area (TPSA) is 85.9 Å². The first-order valence-electron chi connectivity index (χ1n) is 12.9. The van der Waals surface area contributed by atoms with Crippen molar-refractivity contribution in [1.82, 2.24) is 9.97 Å². The summed E-state index contributed by atoms with van der Waals surface area (Å²) in [5.41, 5.74) is 4.59. The highest BCUT2D eigenvalue weighted by Gasteiger charge is 2.36. The van der Waals surface area contributed by atoms with E-state index in [0.717, 1.165) is 33.1 Å². The van der Waals surface area contributed by atoms with Gasteiger partial charge in [-0.25, -0.2) is 0 Å². The molecule has 9 heteroatoms. The lowest BCUT2D eigenvalue weighted by molar-refractivity contribution is 0.0984. The van der Waals surface area contributed by atoms with Crippen molar-refractivity contribution in [3.63, 3.8) is 0 Å². The van der Waals surface area contributed by atoms with E-state index in [1.54, 1.807) is 38.5 Å². The number of halogens is 1. The van der Waals surface area contributed by atoms with Crippen molar-refractivity contribution in [1.29, 1.82) is 0 Å². The molecular formula is C31H28ClN3O5. The number of fused-ring (bicyclic) bond motifs is 4. The van der Waals surface area contributed by atoms with Crippen LogP contribution in [-0.4, -0.2) is 49.6 Å². The second-order valence-corrected chi connectivity index (χ2v) is 9.85. The van der Waals surface area contributed by atoms with Crippen molar-refractivity contribution in [2.24, 2.45) is 0 Å². The molecule has 3 heterocycles. The van der Waals surface area contributed by atoms with Crippen molar-refractivity contribution >= 4 is 45.0 Å². The van der Waals surface area contributed by atoms with Crippen LogP contribution in [0.3, 0.4) is 0 Å². The van der Waals surface area contributed by atoms with Gasteiger partial charge in [0.1, 0.15) is 23.6 Å². The number of rotatable bonds is 8. The quantitative estimate of drug-likeness (QED) is 0.225. The van der Waals surface area contributed by atoms with E-state index in [1.807, 2.05) is 54.6 Å². The number of carbonyl (C=O) groups excluding carboxylic acids is 1. The first-order valence-corrected chi connectivity index (χ1v) is 13.4. The molecule has 0 radical (unpaired) electrons. The highest BCUT2D eigenvalue weighted by molar-refractivity contribution is 6.19. The number of hydrogen-bond donors (Lipinski definition) is 1. The zero-order valence-corrected chi connectivity index (χ0v) is 23.1. The molecule has 204 valence electrons. The van der Waals surface area contributed by atoms with Crippen LogP contribution in [0.25, 0.3) is 21.8 Å². The third kappa shape index (κ3) is 4.25. The minimum absolute atomic E-state index is 0.0606. The van der Waals surface area contributed by atoms with Gasteiger partial charge >= 0.3 is 0 Å². The van der Waals surface area contributed by atoms with Crippen LogP contribution in [-0.2, 0) is 6.61 Å². The third-order valence-corrected chi connectivity index (χ3v) is 7.67. The van der Waals surface area contributed by atoms with Crippen molar-refractivity contribution in [2.75, 3.05) is 38.7 Å². The summed E-state index contributed by atoms with van der Waals surface area (Å²) in [6.07, 6.45) is 1.75. The summed E-state index contributed by atoms with van der Waals surface area (Å²) in [6.45, 7) is 0.812. The zero-order valence-electron chi connectivity index (χ0n) is 22.4. The largest absolute Gasteiger partial charge is 0.493 e. The van der Waals surface area contributed by atoms with Crippen molar-refractivity contribution < 1.29 is 23.7 Å². The van der Waals surface area contributed by atoms with Crippen molar-refractivity contribution in [2.45, 2.75) is 12.5 Å². The minimum atomic E-state index is -0.192. The van der Waals surface area contributed by atoms with Gasteiger partial charge in [-0.3, -0.25) is 9.78 Å². The van der Waals surface area contributed by atoms with E-state index in [9.17, 15) is 4.79 Å². The first kappa shape index (κ1) is 25.8. The Kier molecular flexibility index (Phi) is 6.86. The Hall–Kier alpha value is -4.43. The summed E-state index contributed by atoms with van der Waals surface area (Å²) >= 11 is 6.46. The number of carbonyl (C=O) groups is 1. The van der Waals surface area contributed by atoms with Crippen LogP contribution in [0.2, 0.25) is 0 Å². The predicted molar refractivity (Wildman–Crippen MR) is 156 cm³/mol. The lowest BCUT2D eigenvalue weighted by atomic mass is 9.97. The fraction of sp³-hybridized carbons (Fsp3) is 0.226. The Morgan fingerprint density at radius 1 is 1.00 bits per heavy atom. The van der Waals surface area contributed by atoms with E-state index in [1.165, 1.54) is 0 Å². The van der Waals surface area contributed by atoms with E-state index >= 15 is 0 Å². The summed E-state index contributed by atoms with van der Waals surface area (Å²) < 4.78 is 22.9. The van der Waals surface area contributed by atoms with Gasteiger partial charge in [0.05, 0.1) is 32.5 Å². The average Bonchev–Trinajstić information content (AvgIpc) is 3.60. The van der Waals surface area contributed by atoms with Crippen LogP contribution < -0.4 is 23.8 Å². The van der Waals surface area contributed by atoms with Gasteiger partial charge < -0.3 is 28.8 Å². The number of nitrogens with one attached hydrogen (secondary N) is 1. The van der Waals surface area contributed by atoms with E-state index in [2.05, 4.69) is 9.97 Å². The molecule has 0 bridgehead atoms. The van der Waals surface area contributed by atoms with Crippen LogP contribution in [0, 0.1) is 0 Å². The summed E-state index contributed by atoms with van der Waals surface area (Å²) in [5.74, 6) is 2.14. The number of benzene rings is 3. The number of ether oxygens (including phenoxy) is 4. The van der Waals surface area contributed by atoms with Crippen LogP contribution in [0.4, 0.5) is 5.69 Å². The summed E-state index contributed by atoms with van der Waals surface area (Å²) in [6, 6.07) is 19.4. The number of pyridine rings is 1. The van der Waals surface area contributed by atoms with Gasteiger partial charge in [0.15, 0.2) is 11.5 Å². The van der Waals surface area contributed by atoms with Crippen LogP contribution in [0.5, 0.6) is 23.0 Å². The number of alkyl halides is 1. The van der Waals surface area contributed by atoms with E-state index < -0.39 is 0 Å². The molecule has 0 saturated heterocycles. The molecule has 6 rings (SSSR count). The molecule has 0 saturated carbocycles. The second-order valence-electron chi connectivity index (χ2n) is 9.54. The fourth-order valence-corrected chi connectivity index (χ4v) is 5.71. The second kappa shape index (κ2) is 10.6. The van der Waals surface area contributed by atoms with E-state index in [4.69, 9.17) is 30.5 Å². The molecule has 3 aromatic carbocycles. The highest BCUT2D eigenvalue weighted by atomic mass is 35.5. The van der Waals surface area contributed by atoms with Gasteiger partial charge in [0.2, 0.25) is 5.75 Å². The van der Waals surface area contributed by atoms with E-state index in [0.29, 0.717) is 53.2 Å². The molecule has 1 N–H and O–H groups in total. The molecule has 1 amide bonds. The zero-order chi connectivity index (χ0) is 27.8. The Morgan fingerprint density at radius 2 is 1.80 bits per heavy atom. The summed E-state index contributed by atoms with van der Waals surface area (Å²) in [5, 5.41) is 1.69. The van der Waals surface area contributed by atoms with Crippen LogP contribution >= 0.6 is 11.6 Å². The number of aromatic nitrogens is 2. The Balaban J connectivity index is 1.44. The molecule has 1 aliphatic rings. The Labute approximate surface area is 236 Å². The van der Waals surface area contributed by atoms with Gasteiger partial charge in [0.25, 0.3) is 5.91 Å². The molecule has 8 nitrogen and oxygen atoms in total. The predicted octanol–water partition coefficient (Wildman–Crippen LogP) is 6.30. The average molecular weight is 558 g/mol. The minimum Gasteiger partial charge on any atom is -0.493 e. The molecule has 0 fully saturated rings. The highest BCUT2D eigenvalue weighted by Crippen LogP contribution is 2.47. The molecule has 0 unspecified atom stereocenters. The van der Waals surface area contributed by atoms with Crippen LogP contribution in [0.15, 0.2) is 66.9 Å². The third-order valence-electron chi connectivity index (χ3n) is 7.30. The number of nitrogens with zero attached hydrogens (tertiary/aromatic N) is 2. The smallest absolute Gasteiger partial charge is 0.274 e. The Morgan fingerprint density at radius 3 is 2.52 bits per heavy atom. The first-order chi connectivity index (χ1) is 19.6. The monoisotopic (exact) mass is 557 g/mol. The van der Waals surface area contributed by atoms with Gasteiger partial charge in [-0.05, 0) is 29.3 Å². The molecule has 0 aliphatic carbocycles. The van der Waals surface area contributed by atoms with Crippen LogP contribution in [0.1, 0.15) is 27.5 Å². The molecular weight excluding hydrogens is 530 g/mol. The molecule has 2 aromatic heterocycles. The number of hydrogen-bond acceptors (Lipinski definition) is 6. The van der Waals surface area contributed by atoms with E-state index in [-0.39, 0.29) is 11.8 Å². The molecule has 5 aromatic rings. The van der Waals surface area contributed by atoms with Gasteiger partial charge in [0, 0.05) is 41.4 Å². The number of H-pyrrole nitrogens is 1. The SMILES string of the molecule is COc1cc2cc(C(=O)N3C[C@@H](CCl)c4c3cc(OCc3ccccc3)c3ncccc43)[nH]c2c(OC)c1OC.